The second kappa shape index (κ2) is 9.10. The van der Waals surface area contributed by atoms with Crippen molar-refractivity contribution < 1.29 is 9.59 Å². The number of anilines is 2. The first kappa shape index (κ1) is 20.8. The number of urea groups is 1. The molecule has 0 saturated carbocycles. The van der Waals surface area contributed by atoms with Crippen LogP contribution in [0, 0.1) is 0 Å². The Morgan fingerprint density at radius 1 is 1.07 bits per heavy atom. The van der Waals surface area contributed by atoms with Crippen molar-refractivity contribution in [2.75, 3.05) is 42.9 Å². The molecule has 3 amide bonds. The molecule has 0 bridgehead atoms. The van der Waals surface area contributed by atoms with Crippen molar-refractivity contribution in [3.63, 3.8) is 0 Å². The van der Waals surface area contributed by atoms with Gasteiger partial charge >= 0.3 is 6.03 Å². The smallest absolute Gasteiger partial charge is 0.321 e. The van der Waals surface area contributed by atoms with Gasteiger partial charge in [0.05, 0.1) is 10.0 Å². The maximum atomic E-state index is 12.6. The minimum atomic E-state index is -0.132. The standard InChI is InChI=1S/C21H23Cl2N5O2/c22-16-12-18(23)20(24-13-16)26-8-10-27(11-9-26)21(30)25-17-5-3-15(4-6-17)14-28-7-1-2-19(28)29/h3-6,12-13H,1-2,7-11,14H2,(H,25,30). The summed E-state index contributed by atoms with van der Waals surface area (Å²) in [5.74, 6) is 0.898. The monoisotopic (exact) mass is 447 g/mol. The third-order valence-electron chi connectivity index (χ3n) is 5.40. The lowest BCUT2D eigenvalue weighted by Crippen LogP contribution is -2.50. The van der Waals surface area contributed by atoms with Crippen LogP contribution in [0.4, 0.5) is 16.3 Å². The number of hydrogen-bond donors (Lipinski definition) is 1. The van der Waals surface area contributed by atoms with E-state index < -0.39 is 0 Å². The molecular formula is C21H23Cl2N5O2. The number of piperazine rings is 1. The first-order chi connectivity index (χ1) is 14.5. The Labute approximate surface area is 185 Å². The molecule has 0 radical (unpaired) electrons. The molecule has 0 atom stereocenters. The van der Waals surface area contributed by atoms with Crippen LogP contribution in [0.2, 0.25) is 10.0 Å². The van der Waals surface area contributed by atoms with Crippen LogP contribution in [0.5, 0.6) is 0 Å². The predicted molar refractivity (Wildman–Crippen MR) is 118 cm³/mol. The molecule has 2 saturated heterocycles. The number of nitrogens with zero attached hydrogens (tertiary/aromatic N) is 4. The molecule has 1 N–H and O–H groups in total. The summed E-state index contributed by atoms with van der Waals surface area (Å²) in [6.45, 7) is 3.87. The highest BCUT2D eigenvalue weighted by atomic mass is 35.5. The van der Waals surface area contributed by atoms with Crippen LogP contribution in [0.15, 0.2) is 36.5 Å². The van der Waals surface area contributed by atoms with Crippen LogP contribution in [-0.2, 0) is 11.3 Å². The van der Waals surface area contributed by atoms with Gasteiger partial charge in [-0.25, -0.2) is 9.78 Å². The van der Waals surface area contributed by atoms with Gasteiger partial charge in [0, 0.05) is 57.6 Å². The number of carbonyl (C=O) groups excluding carboxylic acids is 2. The molecule has 3 heterocycles. The predicted octanol–water partition coefficient (Wildman–Crippen LogP) is 3.86. The van der Waals surface area contributed by atoms with Gasteiger partial charge < -0.3 is 20.0 Å². The average Bonchev–Trinajstić information content (AvgIpc) is 3.14. The molecular weight excluding hydrogens is 425 g/mol. The number of aromatic nitrogens is 1. The lowest BCUT2D eigenvalue weighted by molar-refractivity contribution is -0.128. The van der Waals surface area contributed by atoms with Crippen LogP contribution in [-0.4, -0.2) is 59.4 Å². The largest absolute Gasteiger partial charge is 0.352 e. The van der Waals surface area contributed by atoms with Gasteiger partial charge in [-0.15, -0.1) is 0 Å². The molecule has 2 fully saturated rings. The fourth-order valence-electron chi connectivity index (χ4n) is 3.75. The summed E-state index contributed by atoms with van der Waals surface area (Å²) in [6, 6.07) is 9.20. The van der Waals surface area contributed by atoms with Crippen molar-refractivity contribution in [3.05, 3.63) is 52.1 Å². The lowest BCUT2D eigenvalue weighted by atomic mass is 10.2. The summed E-state index contributed by atoms with van der Waals surface area (Å²) in [6.07, 6.45) is 3.15. The molecule has 4 rings (SSSR count). The first-order valence-electron chi connectivity index (χ1n) is 9.98. The van der Waals surface area contributed by atoms with E-state index in [2.05, 4.69) is 15.2 Å². The van der Waals surface area contributed by atoms with Crippen molar-refractivity contribution in [2.24, 2.45) is 0 Å². The summed E-state index contributed by atoms with van der Waals surface area (Å²) in [4.78, 5) is 34.4. The van der Waals surface area contributed by atoms with E-state index in [1.807, 2.05) is 29.2 Å². The number of pyridine rings is 1. The average molecular weight is 448 g/mol. The Morgan fingerprint density at radius 2 is 1.80 bits per heavy atom. The fourth-order valence-corrected chi connectivity index (χ4v) is 4.25. The first-order valence-corrected chi connectivity index (χ1v) is 10.7. The van der Waals surface area contributed by atoms with Gasteiger partial charge in [-0.2, -0.15) is 0 Å². The van der Waals surface area contributed by atoms with E-state index in [0.717, 1.165) is 24.2 Å². The van der Waals surface area contributed by atoms with Crippen LogP contribution >= 0.6 is 23.2 Å². The SMILES string of the molecule is O=C1CCCN1Cc1ccc(NC(=O)N2CCN(c3ncc(Cl)cc3Cl)CC2)cc1. The summed E-state index contributed by atoms with van der Waals surface area (Å²) >= 11 is 12.2. The molecule has 0 unspecified atom stereocenters. The Bertz CT molecular complexity index is 929. The maximum absolute atomic E-state index is 12.6. The molecule has 2 aliphatic heterocycles. The van der Waals surface area contributed by atoms with Gasteiger partial charge in [0.1, 0.15) is 5.82 Å². The van der Waals surface area contributed by atoms with Crippen molar-refractivity contribution in [3.8, 4) is 0 Å². The minimum absolute atomic E-state index is 0.132. The van der Waals surface area contributed by atoms with Gasteiger partial charge in [-0.3, -0.25) is 4.79 Å². The van der Waals surface area contributed by atoms with Crippen LogP contribution in [0.3, 0.4) is 0 Å². The van der Waals surface area contributed by atoms with Crippen molar-refractivity contribution >= 4 is 46.6 Å². The van der Waals surface area contributed by atoms with E-state index in [1.54, 1.807) is 17.2 Å². The third-order valence-corrected chi connectivity index (χ3v) is 5.89. The Balaban J connectivity index is 1.29. The zero-order valence-corrected chi connectivity index (χ0v) is 18.0. The summed E-state index contributed by atoms with van der Waals surface area (Å²) in [5, 5.41) is 3.95. The molecule has 0 aliphatic carbocycles. The molecule has 158 valence electrons. The summed E-state index contributed by atoms with van der Waals surface area (Å²) in [7, 11) is 0. The topological polar surface area (TPSA) is 68.8 Å². The molecule has 7 nitrogen and oxygen atoms in total. The molecule has 2 aliphatic rings. The summed E-state index contributed by atoms with van der Waals surface area (Å²) in [5.41, 5.74) is 1.80. The van der Waals surface area contributed by atoms with Crippen molar-refractivity contribution in [1.29, 1.82) is 0 Å². The van der Waals surface area contributed by atoms with Gasteiger partial charge in [0.25, 0.3) is 0 Å². The summed E-state index contributed by atoms with van der Waals surface area (Å²) < 4.78 is 0. The van der Waals surface area contributed by atoms with Gasteiger partial charge in [0.15, 0.2) is 0 Å². The number of likely N-dealkylation sites (tertiary alicyclic amines) is 1. The van der Waals surface area contributed by atoms with E-state index in [-0.39, 0.29) is 11.9 Å². The number of hydrogen-bond acceptors (Lipinski definition) is 4. The number of rotatable bonds is 4. The van der Waals surface area contributed by atoms with E-state index in [9.17, 15) is 9.59 Å². The quantitative estimate of drug-likeness (QED) is 0.772. The third kappa shape index (κ3) is 4.79. The molecule has 1 aromatic carbocycles. The van der Waals surface area contributed by atoms with Crippen LogP contribution in [0.25, 0.3) is 0 Å². The van der Waals surface area contributed by atoms with Crippen molar-refractivity contribution in [2.45, 2.75) is 19.4 Å². The number of amides is 3. The zero-order valence-electron chi connectivity index (χ0n) is 16.5. The highest BCUT2D eigenvalue weighted by Crippen LogP contribution is 2.27. The second-order valence-electron chi connectivity index (χ2n) is 7.48. The number of benzene rings is 1. The van der Waals surface area contributed by atoms with Gasteiger partial charge in [-0.05, 0) is 30.2 Å². The number of carbonyl (C=O) groups is 2. The van der Waals surface area contributed by atoms with Gasteiger partial charge in [-0.1, -0.05) is 35.3 Å². The highest BCUT2D eigenvalue weighted by molar-refractivity contribution is 6.36. The molecule has 30 heavy (non-hydrogen) atoms. The Kier molecular flexibility index (Phi) is 6.29. The van der Waals surface area contributed by atoms with Crippen molar-refractivity contribution in [1.82, 2.24) is 14.8 Å². The maximum Gasteiger partial charge on any atom is 0.321 e. The molecule has 2 aromatic rings. The minimum Gasteiger partial charge on any atom is -0.352 e. The Morgan fingerprint density at radius 3 is 2.43 bits per heavy atom. The lowest BCUT2D eigenvalue weighted by Gasteiger charge is -2.35. The zero-order chi connectivity index (χ0) is 21.1. The second-order valence-corrected chi connectivity index (χ2v) is 8.32. The molecule has 9 heteroatoms. The van der Waals surface area contributed by atoms with Crippen LogP contribution < -0.4 is 10.2 Å². The van der Waals surface area contributed by atoms with E-state index in [0.29, 0.717) is 55.0 Å². The Hall–Kier alpha value is -2.51. The highest BCUT2D eigenvalue weighted by Gasteiger charge is 2.24. The van der Waals surface area contributed by atoms with Crippen LogP contribution in [0.1, 0.15) is 18.4 Å². The molecule has 0 spiro atoms. The normalized spacial score (nSPS) is 16.9. The van der Waals surface area contributed by atoms with Gasteiger partial charge in [0.2, 0.25) is 5.91 Å². The number of halogens is 2. The van der Waals surface area contributed by atoms with E-state index in [1.165, 1.54) is 0 Å². The number of nitrogens with one attached hydrogen (secondary N) is 1. The van der Waals surface area contributed by atoms with E-state index >= 15 is 0 Å². The van der Waals surface area contributed by atoms with E-state index in [4.69, 9.17) is 23.2 Å². The fraction of sp³-hybridized carbons (Fsp3) is 0.381. The molecule has 1 aromatic heterocycles.